The third kappa shape index (κ3) is 6.29. The van der Waals surface area contributed by atoms with Crippen molar-refractivity contribution in [2.24, 2.45) is 10.9 Å². The number of nitrogens with one attached hydrogen (secondary N) is 1. The lowest BCUT2D eigenvalue weighted by Gasteiger charge is -2.21. The van der Waals surface area contributed by atoms with E-state index in [0.717, 1.165) is 44.2 Å². The Hall–Kier alpha value is -2.93. The topological polar surface area (TPSA) is 80.0 Å². The van der Waals surface area contributed by atoms with Crippen molar-refractivity contribution in [3.8, 4) is 0 Å². The van der Waals surface area contributed by atoms with Crippen LogP contribution >= 0.6 is 0 Å². The van der Waals surface area contributed by atoms with Gasteiger partial charge in [0, 0.05) is 37.7 Å². The maximum absolute atomic E-state index is 10.8. The Balaban J connectivity index is 1.51. The SMILES string of the molecule is CCNC(=NCc1ccc([N+](=O)[O-])cc1)N1CCC(COCc2ccccc2)C1. The Morgan fingerprint density at radius 1 is 1.21 bits per heavy atom. The smallest absolute Gasteiger partial charge is 0.269 e. The molecule has 2 aromatic rings. The van der Waals surface area contributed by atoms with Crippen molar-refractivity contribution in [2.45, 2.75) is 26.5 Å². The monoisotopic (exact) mass is 396 g/mol. The first-order valence-electron chi connectivity index (χ1n) is 10.0. The summed E-state index contributed by atoms with van der Waals surface area (Å²) in [6, 6.07) is 16.8. The number of nitro benzene ring substituents is 1. The fraction of sp³-hybridized carbons (Fsp3) is 0.409. The summed E-state index contributed by atoms with van der Waals surface area (Å²) in [6.45, 7) is 6.60. The Kier molecular flexibility index (Phi) is 7.58. The molecule has 1 fully saturated rings. The van der Waals surface area contributed by atoms with Gasteiger partial charge in [0.2, 0.25) is 0 Å². The third-order valence-corrected chi connectivity index (χ3v) is 4.94. The second-order valence-corrected chi connectivity index (χ2v) is 7.20. The summed E-state index contributed by atoms with van der Waals surface area (Å²) in [5, 5.41) is 14.1. The van der Waals surface area contributed by atoms with Crippen LogP contribution in [0.4, 0.5) is 5.69 Å². The first-order chi connectivity index (χ1) is 14.2. The summed E-state index contributed by atoms with van der Waals surface area (Å²) in [6.07, 6.45) is 1.08. The van der Waals surface area contributed by atoms with Crippen LogP contribution in [0.5, 0.6) is 0 Å². The highest BCUT2D eigenvalue weighted by Crippen LogP contribution is 2.18. The van der Waals surface area contributed by atoms with Gasteiger partial charge in [-0.25, -0.2) is 4.99 Å². The Labute approximate surface area is 171 Å². The van der Waals surface area contributed by atoms with Crippen molar-refractivity contribution in [3.63, 3.8) is 0 Å². The van der Waals surface area contributed by atoms with Gasteiger partial charge in [0.1, 0.15) is 0 Å². The fourth-order valence-corrected chi connectivity index (χ4v) is 3.39. The normalized spacial score (nSPS) is 16.8. The molecule has 1 heterocycles. The van der Waals surface area contributed by atoms with Crippen LogP contribution in [0, 0.1) is 16.0 Å². The quantitative estimate of drug-likeness (QED) is 0.319. The van der Waals surface area contributed by atoms with E-state index in [1.807, 2.05) is 18.2 Å². The number of hydrogen-bond acceptors (Lipinski definition) is 4. The highest BCUT2D eigenvalue weighted by molar-refractivity contribution is 5.80. The summed E-state index contributed by atoms with van der Waals surface area (Å²) in [5.41, 5.74) is 2.25. The standard InChI is InChI=1S/C22H28N4O3/c1-2-23-22(24-14-18-8-10-21(11-9-18)26(27)28)25-13-12-20(15-25)17-29-16-19-6-4-3-5-7-19/h3-11,20H,2,12-17H2,1H3,(H,23,24). The van der Waals surface area contributed by atoms with Gasteiger partial charge in [-0.2, -0.15) is 0 Å². The van der Waals surface area contributed by atoms with Crippen LogP contribution in [0.15, 0.2) is 59.6 Å². The molecule has 0 saturated carbocycles. The summed E-state index contributed by atoms with van der Waals surface area (Å²) < 4.78 is 5.91. The van der Waals surface area contributed by atoms with Crippen molar-refractivity contribution >= 4 is 11.6 Å². The van der Waals surface area contributed by atoms with Gasteiger partial charge in [-0.15, -0.1) is 0 Å². The lowest BCUT2D eigenvalue weighted by Crippen LogP contribution is -2.40. The van der Waals surface area contributed by atoms with E-state index < -0.39 is 0 Å². The number of nitro groups is 1. The molecule has 0 radical (unpaired) electrons. The van der Waals surface area contributed by atoms with Gasteiger partial charge < -0.3 is 15.0 Å². The first kappa shape index (κ1) is 20.8. The largest absolute Gasteiger partial charge is 0.376 e. The number of guanidine groups is 1. The van der Waals surface area contributed by atoms with Gasteiger partial charge in [0.05, 0.1) is 24.7 Å². The Morgan fingerprint density at radius 2 is 1.97 bits per heavy atom. The molecule has 1 saturated heterocycles. The van der Waals surface area contributed by atoms with Crippen LogP contribution in [0.1, 0.15) is 24.5 Å². The minimum absolute atomic E-state index is 0.0996. The number of aliphatic imine (C=N–C) groups is 1. The molecule has 1 unspecified atom stereocenters. The first-order valence-corrected chi connectivity index (χ1v) is 10.0. The van der Waals surface area contributed by atoms with E-state index in [4.69, 9.17) is 9.73 Å². The van der Waals surface area contributed by atoms with E-state index in [0.29, 0.717) is 19.1 Å². The molecule has 1 aliphatic heterocycles. The van der Waals surface area contributed by atoms with Crippen LogP contribution in [0.25, 0.3) is 0 Å². The third-order valence-electron chi connectivity index (χ3n) is 4.94. The molecular weight excluding hydrogens is 368 g/mol. The average molecular weight is 396 g/mol. The number of nitrogens with zero attached hydrogens (tertiary/aromatic N) is 3. The van der Waals surface area contributed by atoms with Crippen molar-refractivity contribution in [1.29, 1.82) is 0 Å². The van der Waals surface area contributed by atoms with E-state index in [9.17, 15) is 10.1 Å². The number of benzene rings is 2. The van der Waals surface area contributed by atoms with E-state index in [-0.39, 0.29) is 10.6 Å². The zero-order valence-corrected chi connectivity index (χ0v) is 16.8. The summed E-state index contributed by atoms with van der Waals surface area (Å²) >= 11 is 0. The predicted octanol–water partition coefficient (Wildman–Crippen LogP) is 3.60. The summed E-state index contributed by atoms with van der Waals surface area (Å²) in [5.74, 6) is 1.37. The van der Waals surface area contributed by atoms with Crippen molar-refractivity contribution in [3.05, 3.63) is 75.8 Å². The van der Waals surface area contributed by atoms with Crippen LogP contribution < -0.4 is 5.32 Å². The molecule has 1 N–H and O–H groups in total. The molecule has 1 aliphatic rings. The molecule has 2 aromatic carbocycles. The van der Waals surface area contributed by atoms with Gasteiger partial charge in [-0.1, -0.05) is 42.5 Å². The molecule has 3 rings (SSSR count). The van der Waals surface area contributed by atoms with Crippen LogP contribution in [-0.2, 0) is 17.9 Å². The van der Waals surface area contributed by atoms with Gasteiger partial charge in [-0.3, -0.25) is 10.1 Å². The number of likely N-dealkylation sites (tertiary alicyclic amines) is 1. The second-order valence-electron chi connectivity index (χ2n) is 7.20. The van der Waals surface area contributed by atoms with Gasteiger partial charge >= 0.3 is 0 Å². The molecule has 7 nitrogen and oxygen atoms in total. The molecule has 0 amide bonds. The number of rotatable bonds is 8. The van der Waals surface area contributed by atoms with Crippen LogP contribution in [0.2, 0.25) is 0 Å². The summed E-state index contributed by atoms with van der Waals surface area (Å²) in [4.78, 5) is 17.4. The minimum atomic E-state index is -0.388. The summed E-state index contributed by atoms with van der Waals surface area (Å²) in [7, 11) is 0. The van der Waals surface area contributed by atoms with Crippen LogP contribution in [0.3, 0.4) is 0 Å². The molecule has 29 heavy (non-hydrogen) atoms. The predicted molar refractivity (Wildman–Crippen MR) is 114 cm³/mol. The van der Waals surface area contributed by atoms with E-state index in [1.165, 1.54) is 17.7 Å². The molecule has 7 heteroatoms. The lowest BCUT2D eigenvalue weighted by molar-refractivity contribution is -0.384. The molecule has 0 spiro atoms. The number of non-ortho nitro benzene ring substituents is 1. The molecule has 0 aromatic heterocycles. The maximum Gasteiger partial charge on any atom is 0.269 e. The van der Waals surface area contributed by atoms with E-state index in [1.54, 1.807) is 12.1 Å². The molecule has 0 bridgehead atoms. The number of hydrogen-bond donors (Lipinski definition) is 1. The molecule has 0 aliphatic carbocycles. The Bertz CT molecular complexity index is 809. The van der Waals surface area contributed by atoms with E-state index in [2.05, 4.69) is 29.3 Å². The van der Waals surface area contributed by atoms with Gasteiger partial charge in [0.25, 0.3) is 5.69 Å². The van der Waals surface area contributed by atoms with Crippen molar-refractivity contribution in [2.75, 3.05) is 26.2 Å². The van der Waals surface area contributed by atoms with Crippen molar-refractivity contribution < 1.29 is 9.66 Å². The Morgan fingerprint density at radius 3 is 2.66 bits per heavy atom. The zero-order valence-electron chi connectivity index (χ0n) is 16.8. The van der Waals surface area contributed by atoms with Crippen LogP contribution in [-0.4, -0.2) is 42.0 Å². The second kappa shape index (κ2) is 10.6. The molecule has 154 valence electrons. The van der Waals surface area contributed by atoms with Gasteiger partial charge in [-0.05, 0) is 24.5 Å². The number of ether oxygens (including phenoxy) is 1. The zero-order chi connectivity index (χ0) is 20.5. The lowest BCUT2D eigenvalue weighted by atomic mass is 10.1. The van der Waals surface area contributed by atoms with Gasteiger partial charge in [0.15, 0.2) is 5.96 Å². The molecule has 1 atom stereocenters. The molecular formula is C22H28N4O3. The minimum Gasteiger partial charge on any atom is -0.376 e. The highest BCUT2D eigenvalue weighted by atomic mass is 16.6. The highest BCUT2D eigenvalue weighted by Gasteiger charge is 2.25. The average Bonchev–Trinajstić information content (AvgIpc) is 3.21. The van der Waals surface area contributed by atoms with Crippen molar-refractivity contribution in [1.82, 2.24) is 10.2 Å². The fourth-order valence-electron chi connectivity index (χ4n) is 3.39. The van der Waals surface area contributed by atoms with E-state index >= 15 is 0 Å². The maximum atomic E-state index is 10.8.